The van der Waals surface area contributed by atoms with E-state index in [0.29, 0.717) is 13.1 Å². The van der Waals surface area contributed by atoms with Crippen molar-refractivity contribution in [3.8, 4) is 5.75 Å². The van der Waals surface area contributed by atoms with Crippen molar-refractivity contribution in [3.63, 3.8) is 0 Å². The molecule has 7 nitrogen and oxygen atoms in total. The maximum atomic E-state index is 13.5. The highest BCUT2D eigenvalue weighted by Gasteiger charge is 2.26. The van der Waals surface area contributed by atoms with Crippen molar-refractivity contribution in [2.75, 3.05) is 61.5 Å². The van der Waals surface area contributed by atoms with E-state index in [1.165, 1.54) is 13.3 Å². The van der Waals surface area contributed by atoms with Gasteiger partial charge in [-0.25, -0.2) is 0 Å². The predicted molar refractivity (Wildman–Crippen MR) is 128 cm³/mol. The lowest BCUT2D eigenvalue weighted by atomic mass is 10.0. The molecule has 0 spiro atoms. The Kier molecular flexibility index (Phi) is 6.83. The van der Waals surface area contributed by atoms with Gasteiger partial charge in [0.1, 0.15) is 5.75 Å². The van der Waals surface area contributed by atoms with Gasteiger partial charge in [0, 0.05) is 57.6 Å². The van der Waals surface area contributed by atoms with E-state index in [1.54, 1.807) is 7.11 Å². The first kappa shape index (κ1) is 22.0. The molecule has 2 aromatic rings. The van der Waals surface area contributed by atoms with Crippen molar-refractivity contribution in [2.45, 2.75) is 26.2 Å². The van der Waals surface area contributed by atoms with Gasteiger partial charge in [-0.15, -0.1) is 0 Å². The number of benzene rings is 2. The molecule has 32 heavy (non-hydrogen) atoms. The van der Waals surface area contributed by atoms with Gasteiger partial charge in [0.2, 0.25) is 5.91 Å². The fourth-order valence-corrected chi connectivity index (χ4v) is 4.52. The third-order valence-corrected chi connectivity index (χ3v) is 6.25. The minimum Gasteiger partial charge on any atom is -0.497 e. The number of carbonyl (C=O) groups is 2. The van der Waals surface area contributed by atoms with Gasteiger partial charge in [0.15, 0.2) is 0 Å². The third-order valence-electron chi connectivity index (χ3n) is 6.25. The number of nitrogens with one attached hydrogen (secondary N) is 1. The summed E-state index contributed by atoms with van der Waals surface area (Å²) in [5.41, 5.74) is 3.53. The van der Waals surface area contributed by atoms with Gasteiger partial charge in [0.05, 0.1) is 18.4 Å². The molecule has 2 fully saturated rings. The van der Waals surface area contributed by atoms with Gasteiger partial charge in [0.25, 0.3) is 5.91 Å². The Bertz CT molecular complexity index is 946. The number of nitrogens with zero attached hydrogens (tertiary/aromatic N) is 3. The molecule has 0 saturated carbocycles. The number of piperidine rings is 1. The smallest absolute Gasteiger partial charge is 0.256 e. The summed E-state index contributed by atoms with van der Waals surface area (Å²) in [5, 5.41) is 2.86. The largest absolute Gasteiger partial charge is 0.497 e. The van der Waals surface area contributed by atoms with Crippen molar-refractivity contribution in [1.82, 2.24) is 4.90 Å². The second-order valence-electron chi connectivity index (χ2n) is 8.44. The van der Waals surface area contributed by atoms with Gasteiger partial charge in [-0.1, -0.05) is 0 Å². The number of rotatable bonds is 5. The molecule has 170 valence electrons. The Labute approximate surface area is 189 Å². The summed E-state index contributed by atoms with van der Waals surface area (Å²) in [5.74, 6) is 0.799. The molecule has 2 amide bonds. The van der Waals surface area contributed by atoms with Crippen LogP contribution in [0.15, 0.2) is 42.5 Å². The summed E-state index contributed by atoms with van der Waals surface area (Å²) < 4.78 is 5.25. The van der Waals surface area contributed by atoms with E-state index >= 15 is 0 Å². The maximum Gasteiger partial charge on any atom is 0.256 e. The van der Waals surface area contributed by atoms with Crippen LogP contribution in [0.2, 0.25) is 0 Å². The predicted octanol–water partition coefficient (Wildman–Crippen LogP) is 3.61. The minimum atomic E-state index is -0.108. The molecule has 0 aromatic heterocycles. The molecule has 1 N–H and O–H groups in total. The van der Waals surface area contributed by atoms with E-state index in [-0.39, 0.29) is 11.8 Å². The molecule has 0 atom stereocenters. The highest BCUT2D eigenvalue weighted by atomic mass is 16.5. The lowest BCUT2D eigenvalue weighted by Gasteiger charge is -2.37. The number of amides is 2. The van der Waals surface area contributed by atoms with E-state index in [2.05, 4.69) is 27.2 Å². The molecule has 0 bridgehead atoms. The zero-order chi connectivity index (χ0) is 22.5. The van der Waals surface area contributed by atoms with Crippen LogP contribution in [0.25, 0.3) is 0 Å². The van der Waals surface area contributed by atoms with Crippen molar-refractivity contribution in [2.24, 2.45) is 0 Å². The number of ether oxygens (including phenoxy) is 1. The normalized spacial score (nSPS) is 16.6. The van der Waals surface area contributed by atoms with Crippen LogP contribution in [0, 0.1) is 0 Å². The van der Waals surface area contributed by atoms with E-state index in [0.717, 1.165) is 67.4 Å². The number of hydrogen-bond acceptors (Lipinski definition) is 5. The number of hydrogen-bond donors (Lipinski definition) is 1. The maximum absolute atomic E-state index is 13.5. The van der Waals surface area contributed by atoms with Crippen LogP contribution in [0.4, 0.5) is 17.1 Å². The summed E-state index contributed by atoms with van der Waals surface area (Å²) in [7, 11) is 1.67. The molecule has 0 radical (unpaired) electrons. The highest BCUT2D eigenvalue weighted by Crippen LogP contribution is 2.29. The second-order valence-corrected chi connectivity index (χ2v) is 8.44. The number of carbonyl (C=O) groups excluding carboxylic acids is 2. The van der Waals surface area contributed by atoms with Crippen LogP contribution < -0.4 is 19.9 Å². The second kappa shape index (κ2) is 9.94. The van der Waals surface area contributed by atoms with Gasteiger partial charge in [-0.3, -0.25) is 9.59 Å². The zero-order valence-corrected chi connectivity index (χ0v) is 19.0. The van der Waals surface area contributed by atoms with E-state index in [1.807, 2.05) is 35.2 Å². The Balaban J connectivity index is 1.49. The van der Waals surface area contributed by atoms with E-state index in [9.17, 15) is 9.59 Å². The first-order valence-corrected chi connectivity index (χ1v) is 11.4. The molecule has 2 saturated heterocycles. The fraction of sp³-hybridized carbons (Fsp3) is 0.440. The van der Waals surface area contributed by atoms with Crippen LogP contribution in [0.3, 0.4) is 0 Å². The monoisotopic (exact) mass is 436 g/mol. The van der Waals surface area contributed by atoms with Crippen LogP contribution in [-0.2, 0) is 4.79 Å². The third kappa shape index (κ3) is 4.98. The Hall–Kier alpha value is -3.22. The van der Waals surface area contributed by atoms with Gasteiger partial charge in [-0.05, 0) is 61.7 Å². The average Bonchev–Trinajstić information content (AvgIpc) is 2.84. The highest BCUT2D eigenvalue weighted by molar-refractivity contribution is 6.01. The van der Waals surface area contributed by atoms with Crippen LogP contribution in [0.1, 0.15) is 36.5 Å². The molecule has 0 aliphatic carbocycles. The summed E-state index contributed by atoms with van der Waals surface area (Å²) in [6.45, 7) is 6.32. The summed E-state index contributed by atoms with van der Waals surface area (Å²) >= 11 is 0. The zero-order valence-electron chi connectivity index (χ0n) is 19.0. The van der Waals surface area contributed by atoms with Crippen LogP contribution in [0.5, 0.6) is 5.75 Å². The number of anilines is 3. The van der Waals surface area contributed by atoms with Gasteiger partial charge < -0.3 is 24.8 Å². The minimum absolute atomic E-state index is 0.0642. The van der Waals surface area contributed by atoms with E-state index < -0.39 is 0 Å². The molecule has 2 aliphatic rings. The van der Waals surface area contributed by atoms with Gasteiger partial charge in [-0.2, -0.15) is 0 Å². The van der Waals surface area contributed by atoms with E-state index in [4.69, 9.17) is 4.74 Å². The van der Waals surface area contributed by atoms with Gasteiger partial charge >= 0.3 is 0 Å². The van der Waals surface area contributed by atoms with Crippen molar-refractivity contribution >= 4 is 28.9 Å². The van der Waals surface area contributed by atoms with Crippen LogP contribution in [-0.4, -0.2) is 63.1 Å². The first-order chi connectivity index (χ1) is 15.5. The standard InChI is InChI=1S/C25H32N4O3/c1-19(30)26-20-6-11-23(24(18-20)28-12-4-3-5-13-28)25(31)29-16-14-27(15-17-29)21-7-9-22(32-2)10-8-21/h6-11,18H,3-5,12-17H2,1-2H3,(H,26,30). The lowest BCUT2D eigenvalue weighted by molar-refractivity contribution is -0.114. The fourth-order valence-electron chi connectivity index (χ4n) is 4.52. The molecular formula is C25H32N4O3. The Morgan fingerprint density at radius 1 is 0.844 bits per heavy atom. The Morgan fingerprint density at radius 3 is 2.16 bits per heavy atom. The topological polar surface area (TPSA) is 65.1 Å². The Morgan fingerprint density at radius 2 is 1.53 bits per heavy atom. The quantitative estimate of drug-likeness (QED) is 0.776. The summed E-state index contributed by atoms with van der Waals surface area (Å²) in [6.07, 6.45) is 3.47. The molecule has 7 heteroatoms. The molecule has 2 aliphatic heterocycles. The molecule has 4 rings (SSSR count). The summed E-state index contributed by atoms with van der Waals surface area (Å²) in [4.78, 5) is 31.6. The molecular weight excluding hydrogens is 404 g/mol. The number of piperazine rings is 1. The van der Waals surface area contributed by atoms with Crippen molar-refractivity contribution < 1.29 is 14.3 Å². The first-order valence-electron chi connectivity index (χ1n) is 11.4. The summed E-state index contributed by atoms with van der Waals surface area (Å²) in [6, 6.07) is 13.7. The van der Waals surface area contributed by atoms with Crippen LogP contribution >= 0.6 is 0 Å². The van der Waals surface area contributed by atoms with Crippen molar-refractivity contribution in [1.29, 1.82) is 0 Å². The lowest BCUT2D eigenvalue weighted by Crippen LogP contribution is -2.49. The number of methoxy groups -OCH3 is 1. The SMILES string of the molecule is COc1ccc(N2CCN(C(=O)c3ccc(NC(C)=O)cc3N3CCCCC3)CC2)cc1. The molecule has 0 unspecified atom stereocenters. The van der Waals surface area contributed by atoms with Crippen molar-refractivity contribution in [3.05, 3.63) is 48.0 Å². The average molecular weight is 437 g/mol. The molecule has 2 aromatic carbocycles. The molecule has 2 heterocycles.